The van der Waals surface area contributed by atoms with Crippen LogP contribution in [0.5, 0.6) is 0 Å². The van der Waals surface area contributed by atoms with Gasteiger partial charge in [-0.1, -0.05) is 113 Å². The van der Waals surface area contributed by atoms with Gasteiger partial charge in [-0.05, 0) is 178 Å². The van der Waals surface area contributed by atoms with Crippen molar-refractivity contribution in [1.82, 2.24) is 30.2 Å². The van der Waals surface area contributed by atoms with Gasteiger partial charge in [0.05, 0.1) is 48.8 Å². The lowest BCUT2D eigenvalue weighted by atomic mass is 9.43. The van der Waals surface area contributed by atoms with Crippen molar-refractivity contribution in [3.8, 4) is 0 Å². The summed E-state index contributed by atoms with van der Waals surface area (Å²) in [6.07, 6.45) is 15.5. The number of hydrogen-bond acceptors (Lipinski definition) is 14. The normalized spacial score (nSPS) is 25.1. The third-order valence-corrected chi connectivity index (χ3v) is 19.6. The number of carbonyl (C=O) groups is 4. The summed E-state index contributed by atoms with van der Waals surface area (Å²) in [5.41, 5.74) is 1.20. The van der Waals surface area contributed by atoms with E-state index < -0.39 is 51.0 Å². The molecule has 5 heterocycles. The maximum absolute atomic E-state index is 13.6. The van der Waals surface area contributed by atoms with Gasteiger partial charge in [0, 0.05) is 24.2 Å². The van der Waals surface area contributed by atoms with E-state index in [-0.39, 0.29) is 77.6 Å². The number of amides is 4. The summed E-state index contributed by atoms with van der Waals surface area (Å²) < 4.78 is 24.5. The van der Waals surface area contributed by atoms with Gasteiger partial charge in [-0.2, -0.15) is 0 Å². The summed E-state index contributed by atoms with van der Waals surface area (Å²) >= 11 is 0. The van der Waals surface area contributed by atoms with Crippen LogP contribution in [0.4, 0.5) is 9.59 Å². The Morgan fingerprint density at radius 2 is 1.15 bits per heavy atom. The van der Waals surface area contributed by atoms with Gasteiger partial charge in [0.1, 0.15) is 13.2 Å². The van der Waals surface area contributed by atoms with Crippen LogP contribution in [-0.4, -0.2) is 184 Å². The molecule has 3 aliphatic carbocycles. The van der Waals surface area contributed by atoms with Crippen LogP contribution in [0.15, 0.2) is 84.2 Å². The number of rotatable bonds is 20. The Labute approximate surface area is 530 Å². The van der Waals surface area contributed by atoms with Crippen LogP contribution in [0.2, 0.25) is 6.32 Å². The second kappa shape index (κ2) is 32.0. The second-order valence-corrected chi connectivity index (χ2v) is 27.7. The maximum Gasteiger partial charge on any atom is 0.482 e. The fourth-order valence-electron chi connectivity index (χ4n) is 14.3. The highest BCUT2D eigenvalue weighted by Crippen LogP contribution is 2.65. The summed E-state index contributed by atoms with van der Waals surface area (Å²) in [7, 11) is -3.46. The highest BCUT2D eigenvalue weighted by atomic mass is 16.7. The average molecular weight is 1230 g/mol. The lowest BCUT2D eigenvalue weighted by molar-refractivity contribution is -0.199. The van der Waals surface area contributed by atoms with E-state index in [2.05, 4.69) is 64.7 Å². The maximum atomic E-state index is 13.6. The van der Waals surface area contributed by atoms with Crippen LogP contribution in [0.1, 0.15) is 150 Å². The minimum atomic E-state index is -1.75. The van der Waals surface area contributed by atoms with Gasteiger partial charge in [-0.3, -0.25) is 19.4 Å². The molecule has 0 aromatic heterocycles. The predicted molar refractivity (Wildman–Crippen MR) is 345 cm³/mol. The first kappa shape index (κ1) is 70.7. The molecule has 5 saturated heterocycles. The summed E-state index contributed by atoms with van der Waals surface area (Å²) in [5.74, 6) is -0.561. The molecule has 20 nitrogen and oxygen atoms in total. The summed E-state index contributed by atoms with van der Waals surface area (Å²) in [6, 6.07) is 18.6. The first-order valence-corrected chi connectivity index (χ1v) is 32.6. The zero-order valence-corrected chi connectivity index (χ0v) is 54.3. The zero-order chi connectivity index (χ0) is 64.7. The molecule has 0 spiro atoms. The number of benzene rings is 2. The molecule has 8 atom stereocenters. The SMILES string of the molecule is CC(C)CB(O)O.[C-]#[N+]C(=CC(C)(C)N1CCCCC1)C(=O)N1CCC[C@@H]1COC(=O)N[C@@H](Cc1ccccc1)B(O)O.[C-]#[N+]C(=CC(C)(C)N1CCCCC1)C(=O)N1CCC[C@@H]1COC(=O)N[C@@H](Cc1ccccc1)B1O[C@@H]2C[C@@H]3C[C@@H](C3(C)C)[C@]2(C)O1. The summed E-state index contributed by atoms with van der Waals surface area (Å²) in [6.45, 7) is 39.4. The van der Waals surface area contributed by atoms with Crippen LogP contribution < -0.4 is 10.6 Å². The van der Waals surface area contributed by atoms with Crippen LogP contribution in [0, 0.1) is 36.3 Å². The number of alkyl carbamates (subject to hydrolysis) is 2. The van der Waals surface area contributed by atoms with E-state index in [1.807, 2.05) is 94.4 Å². The lowest BCUT2D eigenvalue weighted by Gasteiger charge is -2.64. The first-order valence-electron chi connectivity index (χ1n) is 32.6. The van der Waals surface area contributed by atoms with Gasteiger partial charge in [-0.25, -0.2) is 19.3 Å². The molecule has 23 heteroatoms. The van der Waals surface area contributed by atoms with Crippen LogP contribution in [0.3, 0.4) is 0 Å². The van der Waals surface area contributed by atoms with E-state index >= 15 is 0 Å². The van der Waals surface area contributed by atoms with Crippen molar-refractivity contribution in [3.05, 3.63) is 118 Å². The van der Waals surface area contributed by atoms with Crippen molar-refractivity contribution in [2.24, 2.45) is 23.2 Å². The smallest absolute Gasteiger partial charge is 0.447 e. The molecule has 0 unspecified atom stereocenters. The quantitative estimate of drug-likeness (QED) is 0.0418. The van der Waals surface area contributed by atoms with Crippen LogP contribution in [-0.2, 0) is 41.2 Å². The van der Waals surface area contributed by atoms with Crippen molar-refractivity contribution in [3.63, 3.8) is 0 Å². The Bertz CT molecular complexity index is 2800. The molecule has 8 fully saturated rings. The third kappa shape index (κ3) is 18.9. The average Bonchev–Trinajstić information content (AvgIpc) is 1.69. The number of likely N-dealkylation sites (tertiary alicyclic amines) is 4. The van der Waals surface area contributed by atoms with Gasteiger partial charge >= 0.3 is 33.5 Å². The lowest BCUT2D eigenvalue weighted by Crippen LogP contribution is -2.65. The minimum Gasteiger partial charge on any atom is -0.447 e. The molecule has 6 N–H and O–H groups in total. The molecule has 10 rings (SSSR count). The van der Waals surface area contributed by atoms with Gasteiger partial charge in [0.15, 0.2) is 0 Å². The van der Waals surface area contributed by atoms with Crippen molar-refractivity contribution in [2.75, 3.05) is 52.5 Å². The Kier molecular flexibility index (Phi) is 25.4. The predicted octanol–water partition coefficient (Wildman–Crippen LogP) is 8.16. The number of carbonyl (C=O) groups excluding carboxylic acids is 4. The Morgan fingerprint density at radius 1 is 0.685 bits per heavy atom. The van der Waals surface area contributed by atoms with E-state index in [4.69, 9.17) is 42.0 Å². The van der Waals surface area contributed by atoms with E-state index in [9.17, 15) is 29.2 Å². The Hall–Kier alpha value is -5.75. The van der Waals surface area contributed by atoms with Crippen molar-refractivity contribution in [1.29, 1.82) is 0 Å². The van der Waals surface area contributed by atoms with Gasteiger partial charge in [-0.15, -0.1) is 0 Å². The molecule has 4 amide bonds. The van der Waals surface area contributed by atoms with Gasteiger partial charge < -0.3 is 59.3 Å². The monoisotopic (exact) mass is 1230 g/mol. The van der Waals surface area contributed by atoms with Crippen LogP contribution in [0.25, 0.3) is 9.69 Å². The number of piperidine rings is 2. The largest absolute Gasteiger partial charge is 0.482 e. The molecule has 484 valence electrons. The molecule has 3 saturated carbocycles. The summed E-state index contributed by atoms with van der Waals surface area (Å²) in [4.78, 5) is 67.9. The molecular weight excluding hydrogens is 1130 g/mol. The molecule has 89 heavy (non-hydrogen) atoms. The van der Waals surface area contributed by atoms with Crippen LogP contribution >= 0.6 is 0 Å². The molecule has 8 aliphatic rings. The third-order valence-electron chi connectivity index (χ3n) is 19.6. The molecule has 2 aromatic rings. The Balaban J connectivity index is 0.000000235. The molecule has 2 bridgehead atoms. The topological polar surface area (TPSA) is 232 Å². The molecular formula is C66H99B3N8O12. The van der Waals surface area contributed by atoms with E-state index in [0.29, 0.717) is 50.0 Å². The molecule has 0 radical (unpaired) electrons. The van der Waals surface area contributed by atoms with E-state index in [1.54, 1.807) is 15.9 Å². The fourth-order valence-corrected chi connectivity index (χ4v) is 14.3. The van der Waals surface area contributed by atoms with E-state index in [1.165, 1.54) is 12.8 Å². The van der Waals surface area contributed by atoms with Crippen molar-refractivity contribution in [2.45, 2.75) is 205 Å². The van der Waals surface area contributed by atoms with Crippen molar-refractivity contribution >= 4 is 45.4 Å². The number of ether oxygens (including phenoxy) is 2. The molecule has 5 aliphatic heterocycles. The fraction of sp³-hybridized carbons (Fsp3) is 0.667. The van der Waals surface area contributed by atoms with Gasteiger partial charge in [0.2, 0.25) is 11.4 Å². The number of hydrogen-bond donors (Lipinski definition) is 6. The highest BCUT2D eigenvalue weighted by molar-refractivity contribution is 6.48. The zero-order valence-electron chi connectivity index (χ0n) is 54.3. The first-order chi connectivity index (χ1) is 42.3. The Morgan fingerprint density at radius 3 is 1.56 bits per heavy atom. The second-order valence-electron chi connectivity index (χ2n) is 27.7. The standard InChI is InChI=1S/C36H51BN4O5.C26H37BN4O5.C4H11BO2/c1-34(2,40-17-11-8-12-18-40)23-28(38-6)32(42)41-19-13-16-27(41)24-44-33(43)39-31(20-25-14-9-7-10-15-25)37-45-30-22-26-21-29(35(26,3)4)36(30,5)46-37;1-26(2,30-14-8-5-9-15-30)18-22(28-3)24(32)31-16-10-13-21(31)19-36-25(33)29-23(27(34)35)17-20-11-6-4-7-12-20;1-4(2)3-5(6)7/h7,9-10,14-15,23,26-27,29-31H,8,11-13,16-22,24H2,1-5H3,(H,39,43);4,6-7,11-12,18,21,23,34-35H,5,8-10,13-17,19H2,1-2H3,(H,29,33);4,6-7H,3H2,1-2H3/t26-,27+,29-,30+,31-,36-;21-,23+;/m01./s1. The minimum absolute atomic E-state index is 0.00742. The number of nitrogens with one attached hydrogen (secondary N) is 2. The van der Waals surface area contributed by atoms with Gasteiger partial charge in [0.25, 0.3) is 11.8 Å². The molecule has 2 aromatic carbocycles. The highest BCUT2D eigenvalue weighted by Gasteiger charge is 2.68. The van der Waals surface area contributed by atoms with E-state index in [0.717, 1.165) is 95.1 Å². The number of nitrogens with zero attached hydrogens (tertiary/aromatic N) is 6. The summed E-state index contributed by atoms with van der Waals surface area (Å²) in [5, 5.41) is 41.5. The van der Waals surface area contributed by atoms with Crippen molar-refractivity contribution < 1.29 is 58.1 Å².